The summed E-state index contributed by atoms with van der Waals surface area (Å²) in [5, 5.41) is 0. The van der Waals surface area contributed by atoms with Gasteiger partial charge in [-0.1, -0.05) is 0 Å². The van der Waals surface area contributed by atoms with Crippen LogP contribution in [0.2, 0.25) is 0 Å². The van der Waals surface area contributed by atoms with Crippen LogP contribution < -0.4 is 4.90 Å². The predicted molar refractivity (Wildman–Crippen MR) is 66.2 cm³/mol. The first-order valence-electron chi connectivity index (χ1n) is 4.59. The Bertz CT molecular complexity index is 438. The molecule has 1 aliphatic heterocycles. The van der Waals surface area contributed by atoms with Crippen molar-refractivity contribution in [3.05, 3.63) is 21.9 Å². The summed E-state index contributed by atoms with van der Waals surface area (Å²) in [5.41, 5.74) is 0. The van der Waals surface area contributed by atoms with Gasteiger partial charge < -0.3 is 0 Å². The van der Waals surface area contributed by atoms with Crippen molar-refractivity contribution < 1.29 is 4.79 Å². The number of pyridine rings is 1. The van der Waals surface area contributed by atoms with Crippen molar-refractivity contribution in [2.24, 2.45) is 5.92 Å². The number of rotatable bonds is 1. The number of aromatic nitrogens is 1. The molecular formula is C11H9IN2O. The maximum absolute atomic E-state index is 11.6. The van der Waals surface area contributed by atoms with E-state index in [4.69, 9.17) is 6.42 Å². The van der Waals surface area contributed by atoms with Gasteiger partial charge in [0.2, 0.25) is 5.91 Å². The molecule has 2 rings (SSSR count). The topological polar surface area (TPSA) is 33.2 Å². The molecular weight excluding hydrogens is 303 g/mol. The van der Waals surface area contributed by atoms with Crippen LogP contribution in [0.3, 0.4) is 0 Å². The third-order valence-electron chi connectivity index (χ3n) is 2.34. The van der Waals surface area contributed by atoms with Crippen LogP contribution in [0.1, 0.15) is 6.42 Å². The first-order valence-corrected chi connectivity index (χ1v) is 5.66. The van der Waals surface area contributed by atoms with Crippen molar-refractivity contribution in [3.8, 4) is 12.3 Å². The maximum atomic E-state index is 11.6. The van der Waals surface area contributed by atoms with Crippen LogP contribution in [-0.4, -0.2) is 17.4 Å². The maximum Gasteiger partial charge on any atom is 0.229 e. The number of carbonyl (C=O) groups is 1. The lowest BCUT2D eigenvalue weighted by Crippen LogP contribution is -2.25. The monoisotopic (exact) mass is 312 g/mol. The zero-order valence-corrected chi connectivity index (χ0v) is 10.1. The molecule has 1 amide bonds. The van der Waals surface area contributed by atoms with Gasteiger partial charge in [0.05, 0.1) is 0 Å². The van der Waals surface area contributed by atoms with Crippen LogP contribution in [0.15, 0.2) is 18.3 Å². The number of halogens is 1. The lowest BCUT2D eigenvalue weighted by molar-refractivity contribution is -0.117. The fraction of sp³-hybridized carbons (Fsp3) is 0.273. The molecule has 0 spiro atoms. The molecule has 1 aromatic heterocycles. The van der Waals surface area contributed by atoms with E-state index in [2.05, 4.69) is 33.5 Å². The molecule has 1 atom stereocenters. The highest BCUT2D eigenvalue weighted by molar-refractivity contribution is 14.1. The minimum absolute atomic E-state index is 0.0252. The van der Waals surface area contributed by atoms with Crippen molar-refractivity contribution in [2.75, 3.05) is 11.4 Å². The van der Waals surface area contributed by atoms with Gasteiger partial charge in [-0.05, 0) is 34.7 Å². The fourth-order valence-electron chi connectivity index (χ4n) is 1.58. The summed E-state index contributed by atoms with van der Waals surface area (Å²) < 4.78 is 1.06. The Morgan fingerprint density at radius 1 is 1.67 bits per heavy atom. The lowest BCUT2D eigenvalue weighted by Gasteiger charge is -2.14. The highest BCUT2D eigenvalue weighted by Crippen LogP contribution is 2.23. The summed E-state index contributed by atoms with van der Waals surface area (Å²) >= 11 is 2.20. The molecule has 1 fully saturated rings. The van der Waals surface area contributed by atoms with Gasteiger partial charge in [0.15, 0.2) is 0 Å². The highest BCUT2D eigenvalue weighted by Gasteiger charge is 2.29. The van der Waals surface area contributed by atoms with Crippen LogP contribution >= 0.6 is 22.6 Å². The average Bonchev–Trinajstić information content (AvgIpc) is 2.60. The number of anilines is 1. The van der Waals surface area contributed by atoms with Gasteiger partial charge in [0.1, 0.15) is 5.82 Å². The van der Waals surface area contributed by atoms with Gasteiger partial charge in [-0.3, -0.25) is 9.69 Å². The molecule has 0 aromatic carbocycles. The Kier molecular flexibility index (Phi) is 2.91. The van der Waals surface area contributed by atoms with Crippen molar-refractivity contribution in [1.29, 1.82) is 0 Å². The van der Waals surface area contributed by atoms with E-state index >= 15 is 0 Å². The number of amides is 1. The average molecular weight is 312 g/mol. The molecule has 1 aromatic rings. The minimum atomic E-state index is 0.0252. The van der Waals surface area contributed by atoms with Crippen molar-refractivity contribution in [1.82, 2.24) is 4.98 Å². The molecule has 0 aliphatic carbocycles. The van der Waals surface area contributed by atoms with Gasteiger partial charge in [-0.25, -0.2) is 4.98 Å². The second kappa shape index (κ2) is 4.19. The fourth-order valence-corrected chi connectivity index (χ4v) is 2.02. The van der Waals surface area contributed by atoms with E-state index in [9.17, 15) is 4.79 Å². The second-order valence-electron chi connectivity index (χ2n) is 3.40. The summed E-state index contributed by atoms with van der Waals surface area (Å²) in [7, 11) is 0. The Hall–Kier alpha value is -1.09. The second-order valence-corrected chi connectivity index (χ2v) is 4.65. The van der Waals surface area contributed by atoms with E-state index in [0.717, 1.165) is 3.57 Å². The Morgan fingerprint density at radius 3 is 3.07 bits per heavy atom. The van der Waals surface area contributed by atoms with Crippen LogP contribution in [0.25, 0.3) is 0 Å². The van der Waals surface area contributed by atoms with E-state index in [-0.39, 0.29) is 11.8 Å². The first-order chi connectivity index (χ1) is 7.20. The zero-order chi connectivity index (χ0) is 10.8. The molecule has 4 heteroatoms. The van der Waals surface area contributed by atoms with Gasteiger partial charge in [0.25, 0.3) is 0 Å². The molecule has 3 nitrogen and oxygen atoms in total. The third-order valence-corrected chi connectivity index (χ3v) is 3.02. The Balaban J connectivity index is 2.26. The molecule has 1 aliphatic rings. The molecule has 76 valence electrons. The van der Waals surface area contributed by atoms with Crippen LogP contribution in [0.5, 0.6) is 0 Å². The number of nitrogens with zero attached hydrogens (tertiary/aromatic N) is 2. The molecule has 15 heavy (non-hydrogen) atoms. The van der Waals surface area contributed by atoms with Crippen LogP contribution in [0, 0.1) is 21.8 Å². The van der Waals surface area contributed by atoms with Gasteiger partial charge in [-0.15, -0.1) is 12.3 Å². The summed E-state index contributed by atoms with van der Waals surface area (Å²) in [6.07, 6.45) is 7.45. The number of hydrogen-bond acceptors (Lipinski definition) is 2. The summed E-state index contributed by atoms with van der Waals surface area (Å²) in [6, 6.07) is 3.78. The third kappa shape index (κ3) is 2.12. The zero-order valence-electron chi connectivity index (χ0n) is 7.98. The highest BCUT2D eigenvalue weighted by atomic mass is 127. The largest absolute Gasteiger partial charge is 0.295 e. The standard InChI is InChI=1S/C11H9IN2O/c1-2-8-5-11(15)14(7-8)10-6-9(12)3-4-13-10/h1,3-4,6,8H,5,7H2. The lowest BCUT2D eigenvalue weighted by atomic mass is 10.1. The molecule has 2 heterocycles. The van der Waals surface area contributed by atoms with Crippen LogP contribution in [0.4, 0.5) is 5.82 Å². The molecule has 1 unspecified atom stereocenters. The predicted octanol–water partition coefficient (Wildman–Crippen LogP) is 1.67. The van der Waals surface area contributed by atoms with Crippen LogP contribution in [-0.2, 0) is 4.79 Å². The van der Waals surface area contributed by atoms with E-state index in [1.807, 2.05) is 12.1 Å². The van der Waals surface area contributed by atoms with Gasteiger partial charge >= 0.3 is 0 Å². The molecule has 0 saturated carbocycles. The molecule has 0 bridgehead atoms. The van der Waals surface area contributed by atoms with E-state index < -0.39 is 0 Å². The Labute approximate surface area is 102 Å². The van der Waals surface area contributed by atoms with Gasteiger partial charge in [-0.2, -0.15) is 0 Å². The minimum Gasteiger partial charge on any atom is -0.295 e. The normalized spacial score (nSPS) is 20.4. The molecule has 0 radical (unpaired) electrons. The van der Waals surface area contributed by atoms with E-state index in [1.54, 1.807) is 11.1 Å². The summed E-state index contributed by atoms with van der Waals surface area (Å²) in [5.74, 6) is 3.40. The van der Waals surface area contributed by atoms with Crippen molar-refractivity contribution in [2.45, 2.75) is 6.42 Å². The Morgan fingerprint density at radius 2 is 2.47 bits per heavy atom. The van der Waals surface area contributed by atoms with Crippen molar-refractivity contribution in [3.63, 3.8) is 0 Å². The van der Waals surface area contributed by atoms with E-state index in [0.29, 0.717) is 18.8 Å². The summed E-state index contributed by atoms with van der Waals surface area (Å²) in [4.78, 5) is 17.5. The smallest absolute Gasteiger partial charge is 0.229 e. The van der Waals surface area contributed by atoms with Crippen molar-refractivity contribution >= 4 is 34.3 Å². The van der Waals surface area contributed by atoms with E-state index in [1.165, 1.54) is 0 Å². The molecule has 1 saturated heterocycles. The summed E-state index contributed by atoms with van der Waals surface area (Å²) in [6.45, 7) is 0.586. The number of hydrogen-bond donors (Lipinski definition) is 0. The SMILES string of the molecule is C#CC1CC(=O)N(c2cc(I)ccn2)C1. The molecule has 0 N–H and O–H groups in total. The van der Waals surface area contributed by atoms with Gasteiger partial charge in [0, 0.05) is 28.7 Å². The quantitative estimate of drug-likeness (QED) is 0.584. The number of carbonyl (C=O) groups excluding carboxylic acids is 1. The number of terminal acetylenes is 1. The first kappa shape index (κ1) is 10.4.